The smallest absolute Gasteiger partial charge is 0.0780 e. The number of hydrogen-bond acceptors (Lipinski definition) is 2. The minimum Gasteiger partial charge on any atom is -0.374 e. The van der Waals surface area contributed by atoms with Crippen LogP contribution in [0.1, 0.15) is 39.4 Å². The van der Waals surface area contributed by atoms with Crippen molar-refractivity contribution in [2.75, 3.05) is 5.32 Å². The molecular weight excluding hydrogens is 647 g/mol. The summed E-state index contributed by atoms with van der Waals surface area (Å²) < 4.78 is 2.68. The third kappa shape index (κ3) is 3.57. The van der Waals surface area contributed by atoms with Gasteiger partial charge in [-0.25, -0.2) is 0 Å². The van der Waals surface area contributed by atoms with Gasteiger partial charge in [-0.3, -0.25) is 0 Å². The average molecular weight is 678 g/mol. The normalized spacial score (nSPS) is 15.4. The highest BCUT2D eigenvalue weighted by Gasteiger charge is 2.52. The van der Waals surface area contributed by atoms with Crippen molar-refractivity contribution in [3.63, 3.8) is 0 Å². The number of hydrogen-bond donors (Lipinski definition) is 1. The molecule has 52 heavy (non-hydrogen) atoms. The molecule has 1 unspecified atom stereocenters. The second kappa shape index (κ2) is 10.4. The summed E-state index contributed by atoms with van der Waals surface area (Å²) in [5.41, 5.74) is 19.4. The standard InChI is InChI=1S/C50H31NS/c1-6-22-40-33(15-1)34-16-2-7-23-41(34)50(40)42-24-8-3-19-39(42)46-43(50)28-27-37-35-17-4-9-25-44(35)51-48(47(37)46)31-14-11-13-30(29-31)32-20-12-21-38-36-18-5-10-26-45(36)52-49(32)38/h1-29,48,51H. The predicted octanol–water partition coefficient (Wildman–Crippen LogP) is 13.2. The fourth-order valence-corrected chi connectivity index (χ4v) is 11.2. The van der Waals surface area contributed by atoms with Crippen LogP contribution in [-0.4, -0.2) is 0 Å². The van der Waals surface area contributed by atoms with E-state index in [-0.39, 0.29) is 11.5 Å². The summed E-state index contributed by atoms with van der Waals surface area (Å²) >= 11 is 1.90. The molecule has 0 saturated carbocycles. The van der Waals surface area contributed by atoms with Gasteiger partial charge in [-0.05, 0) is 90.5 Å². The van der Waals surface area contributed by atoms with Crippen LogP contribution in [0.2, 0.25) is 0 Å². The first-order valence-corrected chi connectivity index (χ1v) is 19.0. The summed E-state index contributed by atoms with van der Waals surface area (Å²) in [4.78, 5) is 0. The molecular formula is C50H31NS. The van der Waals surface area contributed by atoms with E-state index in [0.717, 1.165) is 0 Å². The fourth-order valence-electron chi connectivity index (χ4n) is 9.93. The van der Waals surface area contributed by atoms with Crippen LogP contribution in [0.3, 0.4) is 0 Å². The minimum atomic E-state index is -0.381. The van der Waals surface area contributed by atoms with E-state index in [0.29, 0.717) is 0 Å². The van der Waals surface area contributed by atoms with Gasteiger partial charge in [0.2, 0.25) is 0 Å². The summed E-state index contributed by atoms with van der Waals surface area (Å²) in [7, 11) is 0. The number of benzene rings is 8. The highest BCUT2D eigenvalue weighted by atomic mass is 32.1. The van der Waals surface area contributed by atoms with Crippen LogP contribution in [0.5, 0.6) is 0 Å². The summed E-state index contributed by atoms with van der Waals surface area (Å²) in [5.74, 6) is 0. The Hall–Kier alpha value is -6.22. The molecule has 8 aromatic carbocycles. The summed E-state index contributed by atoms with van der Waals surface area (Å²) in [6, 6.07) is 65.9. The number of fused-ring (bicyclic) bond motifs is 17. The second-order valence-corrected chi connectivity index (χ2v) is 15.4. The first-order valence-electron chi connectivity index (χ1n) is 18.1. The molecule has 1 N–H and O–H groups in total. The largest absolute Gasteiger partial charge is 0.374 e. The molecule has 242 valence electrons. The zero-order chi connectivity index (χ0) is 34.0. The highest BCUT2D eigenvalue weighted by Crippen LogP contribution is 2.65. The highest BCUT2D eigenvalue weighted by molar-refractivity contribution is 7.26. The lowest BCUT2D eigenvalue weighted by atomic mass is 9.70. The van der Waals surface area contributed by atoms with Crippen LogP contribution in [-0.2, 0) is 5.41 Å². The van der Waals surface area contributed by atoms with Crippen molar-refractivity contribution < 1.29 is 0 Å². The lowest BCUT2D eigenvalue weighted by Crippen LogP contribution is -2.26. The Morgan fingerprint density at radius 2 is 1.06 bits per heavy atom. The molecule has 0 radical (unpaired) electrons. The maximum Gasteiger partial charge on any atom is 0.0780 e. The van der Waals surface area contributed by atoms with Crippen molar-refractivity contribution in [2.45, 2.75) is 11.5 Å². The van der Waals surface area contributed by atoms with Gasteiger partial charge in [0.15, 0.2) is 0 Å². The Morgan fingerprint density at radius 3 is 1.87 bits per heavy atom. The molecule has 12 rings (SSSR count). The van der Waals surface area contributed by atoms with Crippen molar-refractivity contribution in [1.82, 2.24) is 0 Å². The molecule has 2 aliphatic carbocycles. The Labute approximate surface area is 306 Å². The van der Waals surface area contributed by atoms with E-state index >= 15 is 0 Å². The van der Waals surface area contributed by atoms with E-state index in [1.807, 2.05) is 11.3 Å². The number of rotatable bonds is 2. The quantitative estimate of drug-likeness (QED) is 0.192. The zero-order valence-corrected chi connectivity index (χ0v) is 29.0. The number of anilines is 1. The summed E-state index contributed by atoms with van der Waals surface area (Å²) in [6.07, 6.45) is 0. The molecule has 3 aliphatic rings. The van der Waals surface area contributed by atoms with Gasteiger partial charge < -0.3 is 5.32 Å². The van der Waals surface area contributed by atoms with Crippen molar-refractivity contribution in [3.8, 4) is 44.5 Å². The van der Waals surface area contributed by atoms with Crippen LogP contribution in [0, 0.1) is 0 Å². The molecule has 0 amide bonds. The summed E-state index contributed by atoms with van der Waals surface area (Å²) in [5, 5.41) is 6.75. The number of thiophene rings is 1. The molecule has 0 bridgehead atoms. The molecule has 9 aromatic rings. The third-order valence-electron chi connectivity index (χ3n) is 11.9. The van der Waals surface area contributed by atoms with Crippen LogP contribution in [0.4, 0.5) is 5.69 Å². The zero-order valence-electron chi connectivity index (χ0n) is 28.2. The topological polar surface area (TPSA) is 12.0 Å². The Balaban J connectivity index is 1.14. The van der Waals surface area contributed by atoms with E-state index in [1.54, 1.807) is 0 Å². The average Bonchev–Trinajstić information content (AvgIpc) is 3.85. The van der Waals surface area contributed by atoms with E-state index in [9.17, 15) is 0 Å². The molecule has 2 heterocycles. The molecule has 0 saturated heterocycles. The lowest BCUT2D eigenvalue weighted by molar-refractivity contribution is 0.791. The molecule has 1 spiro atoms. The lowest BCUT2D eigenvalue weighted by Gasteiger charge is -2.34. The van der Waals surface area contributed by atoms with Gasteiger partial charge in [-0.2, -0.15) is 0 Å². The monoisotopic (exact) mass is 677 g/mol. The Bertz CT molecular complexity index is 2920. The van der Waals surface area contributed by atoms with Gasteiger partial charge in [-0.15, -0.1) is 11.3 Å². The first-order chi connectivity index (χ1) is 25.8. The maximum absolute atomic E-state index is 4.09. The fraction of sp³-hybridized carbons (Fsp3) is 0.0400. The SMILES string of the molecule is c1cc(-c2cccc3c2sc2ccccc23)cc(C2Nc3ccccc3-c3ccc4c(c32)-c2ccccc2C42c3ccccc3-c3ccccc32)c1. The van der Waals surface area contributed by atoms with Gasteiger partial charge in [0.05, 0.1) is 11.5 Å². The molecule has 1 aromatic heterocycles. The Morgan fingerprint density at radius 1 is 0.442 bits per heavy atom. The predicted molar refractivity (Wildman–Crippen MR) is 218 cm³/mol. The molecule has 0 fully saturated rings. The second-order valence-electron chi connectivity index (χ2n) is 14.4. The third-order valence-corrected chi connectivity index (χ3v) is 13.2. The van der Waals surface area contributed by atoms with E-state index in [4.69, 9.17) is 0 Å². The Kier molecular flexibility index (Phi) is 5.70. The van der Waals surface area contributed by atoms with Crippen LogP contribution in [0.15, 0.2) is 176 Å². The first kappa shape index (κ1) is 28.5. The number of nitrogens with one attached hydrogen (secondary N) is 1. The van der Waals surface area contributed by atoms with Crippen molar-refractivity contribution in [2.24, 2.45) is 0 Å². The van der Waals surface area contributed by atoms with Crippen LogP contribution < -0.4 is 5.32 Å². The van der Waals surface area contributed by atoms with Crippen molar-refractivity contribution in [3.05, 3.63) is 209 Å². The van der Waals surface area contributed by atoms with Crippen molar-refractivity contribution >= 4 is 37.2 Å². The van der Waals surface area contributed by atoms with Gasteiger partial charge in [0.25, 0.3) is 0 Å². The number of para-hydroxylation sites is 1. The van der Waals surface area contributed by atoms with Crippen LogP contribution >= 0.6 is 11.3 Å². The summed E-state index contributed by atoms with van der Waals surface area (Å²) in [6.45, 7) is 0. The van der Waals surface area contributed by atoms with Gasteiger partial charge >= 0.3 is 0 Å². The minimum absolute atomic E-state index is 0.0449. The van der Waals surface area contributed by atoms with E-state index < -0.39 is 0 Å². The van der Waals surface area contributed by atoms with E-state index in [2.05, 4.69) is 181 Å². The molecule has 2 heteroatoms. The van der Waals surface area contributed by atoms with Gasteiger partial charge in [-0.1, -0.05) is 158 Å². The van der Waals surface area contributed by atoms with Crippen molar-refractivity contribution in [1.29, 1.82) is 0 Å². The molecule has 1 nitrogen and oxygen atoms in total. The molecule has 1 aliphatic heterocycles. The van der Waals surface area contributed by atoms with Gasteiger partial charge in [0, 0.05) is 31.4 Å². The van der Waals surface area contributed by atoms with E-state index in [1.165, 1.54) is 104 Å². The van der Waals surface area contributed by atoms with Gasteiger partial charge in [0.1, 0.15) is 0 Å². The maximum atomic E-state index is 4.09. The molecule has 1 atom stereocenters. The van der Waals surface area contributed by atoms with Crippen LogP contribution in [0.25, 0.3) is 64.7 Å².